The molecule has 0 bridgehead atoms. The van der Waals surface area contributed by atoms with E-state index in [1.54, 1.807) is 31.2 Å². The maximum atomic E-state index is 12.4. The van der Waals surface area contributed by atoms with Crippen LogP contribution in [-0.4, -0.2) is 40.2 Å². The number of carbonyl (C=O) groups excluding carboxylic acids is 2. The first-order chi connectivity index (χ1) is 14.0. The number of hydrogen-bond donors (Lipinski definition) is 1. The molecule has 0 unspecified atom stereocenters. The summed E-state index contributed by atoms with van der Waals surface area (Å²) >= 11 is 0. The van der Waals surface area contributed by atoms with Gasteiger partial charge in [0, 0.05) is 18.7 Å². The molecule has 0 aliphatic carbocycles. The molecule has 0 heterocycles. The molecule has 162 valence electrons. The maximum absolute atomic E-state index is 12.4. The van der Waals surface area contributed by atoms with Crippen LogP contribution in [0.1, 0.15) is 39.9 Å². The van der Waals surface area contributed by atoms with Crippen molar-refractivity contribution in [1.29, 1.82) is 0 Å². The summed E-state index contributed by atoms with van der Waals surface area (Å²) in [6, 6.07) is 10.5. The number of amides is 1. The van der Waals surface area contributed by atoms with Crippen molar-refractivity contribution in [2.24, 2.45) is 0 Å². The number of esters is 1. The van der Waals surface area contributed by atoms with E-state index >= 15 is 0 Å². The smallest absolute Gasteiger partial charge is 0.338 e. The molecule has 0 aromatic heterocycles. The highest BCUT2D eigenvalue weighted by Crippen LogP contribution is 2.23. The van der Waals surface area contributed by atoms with Crippen molar-refractivity contribution in [2.45, 2.75) is 33.6 Å². The predicted molar refractivity (Wildman–Crippen MR) is 118 cm³/mol. The Balaban J connectivity index is 2.05. The molecule has 0 atom stereocenters. The van der Waals surface area contributed by atoms with Gasteiger partial charge in [0.1, 0.15) is 0 Å². The summed E-state index contributed by atoms with van der Waals surface area (Å²) in [7, 11) is -2.18. The number of nitrogens with one attached hydrogen (secondary N) is 1. The van der Waals surface area contributed by atoms with E-state index in [4.69, 9.17) is 4.74 Å². The minimum absolute atomic E-state index is 0.138. The third-order valence-electron chi connectivity index (χ3n) is 4.96. The second-order valence-electron chi connectivity index (χ2n) is 7.23. The molecule has 30 heavy (non-hydrogen) atoms. The molecule has 0 spiro atoms. The summed E-state index contributed by atoms with van der Waals surface area (Å²) < 4.78 is 30.6. The highest BCUT2D eigenvalue weighted by Gasteiger charge is 2.19. The van der Waals surface area contributed by atoms with Crippen LogP contribution in [0.15, 0.2) is 36.4 Å². The SMILES string of the molecule is COC(=O)c1cccc(NC(=O)CCCN(c2ccc(C)c(C)c2)S(C)(=O)=O)c1C. The van der Waals surface area contributed by atoms with Crippen LogP contribution in [0.2, 0.25) is 0 Å². The fourth-order valence-electron chi connectivity index (χ4n) is 3.07. The highest BCUT2D eigenvalue weighted by molar-refractivity contribution is 7.92. The van der Waals surface area contributed by atoms with Crippen molar-refractivity contribution in [3.63, 3.8) is 0 Å². The number of rotatable bonds is 8. The van der Waals surface area contributed by atoms with Gasteiger partial charge in [0.25, 0.3) is 0 Å². The van der Waals surface area contributed by atoms with Crippen molar-refractivity contribution in [1.82, 2.24) is 0 Å². The zero-order chi connectivity index (χ0) is 22.5. The summed E-state index contributed by atoms with van der Waals surface area (Å²) in [5.74, 6) is -0.727. The van der Waals surface area contributed by atoms with Gasteiger partial charge in [-0.3, -0.25) is 9.10 Å². The molecule has 0 aliphatic rings. The standard InChI is InChI=1S/C22H28N2O5S/c1-15-11-12-18(14-16(15)2)24(30(5,27)28)13-7-10-21(25)23-20-9-6-8-19(17(20)3)22(26)29-4/h6,8-9,11-12,14H,7,10,13H2,1-5H3,(H,23,25). The van der Waals surface area contributed by atoms with Crippen molar-refractivity contribution in [3.8, 4) is 0 Å². The van der Waals surface area contributed by atoms with E-state index in [9.17, 15) is 18.0 Å². The van der Waals surface area contributed by atoms with Gasteiger partial charge in [-0.15, -0.1) is 0 Å². The first kappa shape index (κ1) is 23.4. The fraction of sp³-hybridized carbons (Fsp3) is 0.364. The quantitative estimate of drug-likeness (QED) is 0.644. The summed E-state index contributed by atoms with van der Waals surface area (Å²) in [5, 5.41) is 2.78. The van der Waals surface area contributed by atoms with Crippen molar-refractivity contribution < 1.29 is 22.7 Å². The van der Waals surface area contributed by atoms with Crippen molar-refractivity contribution in [2.75, 3.05) is 29.5 Å². The van der Waals surface area contributed by atoms with Crippen LogP contribution in [0.5, 0.6) is 0 Å². The van der Waals surface area contributed by atoms with Gasteiger partial charge in [-0.05, 0) is 68.1 Å². The normalized spacial score (nSPS) is 11.1. The van der Waals surface area contributed by atoms with Crippen LogP contribution in [0, 0.1) is 20.8 Å². The Morgan fingerprint density at radius 1 is 1.07 bits per heavy atom. The number of carbonyl (C=O) groups is 2. The molecule has 2 rings (SSSR count). The van der Waals surface area contributed by atoms with Crippen LogP contribution in [0.4, 0.5) is 11.4 Å². The van der Waals surface area contributed by atoms with Crippen LogP contribution in [-0.2, 0) is 19.6 Å². The molecule has 2 aromatic rings. The number of aryl methyl sites for hydroxylation is 2. The largest absolute Gasteiger partial charge is 0.465 e. The van der Waals surface area contributed by atoms with Gasteiger partial charge in [-0.25, -0.2) is 13.2 Å². The van der Waals surface area contributed by atoms with Gasteiger partial charge in [-0.1, -0.05) is 12.1 Å². The van der Waals surface area contributed by atoms with Crippen LogP contribution >= 0.6 is 0 Å². The number of benzene rings is 2. The number of ether oxygens (including phenoxy) is 1. The Labute approximate surface area is 178 Å². The number of anilines is 2. The lowest BCUT2D eigenvalue weighted by atomic mass is 10.1. The van der Waals surface area contributed by atoms with E-state index < -0.39 is 16.0 Å². The first-order valence-corrected chi connectivity index (χ1v) is 11.4. The zero-order valence-corrected chi connectivity index (χ0v) is 18.8. The Morgan fingerprint density at radius 3 is 2.37 bits per heavy atom. The van der Waals surface area contributed by atoms with Crippen LogP contribution in [0.3, 0.4) is 0 Å². The van der Waals surface area contributed by atoms with Gasteiger partial charge in [-0.2, -0.15) is 0 Å². The average Bonchev–Trinajstić information content (AvgIpc) is 2.67. The van der Waals surface area contributed by atoms with Gasteiger partial charge in [0.15, 0.2) is 0 Å². The average molecular weight is 433 g/mol. The molecule has 8 heteroatoms. The maximum Gasteiger partial charge on any atom is 0.338 e. The lowest BCUT2D eigenvalue weighted by molar-refractivity contribution is -0.116. The lowest BCUT2D eigenvalue weighted by Gasteiger charge is -2.23. The zero-order valence-electron chi connectivity index (χ0n) is 18.0. The summed E-state index contributed by atoms with van der Waals surface area (Å²) in [4.78, 5) is 24.2. The molecule has 1 amide bonds. The minimum Gasteiger partial charge on any atom is -0.465 e. The third kappa shape index (κ3) is 5.82. The molecular weight excluding hydrogens is 404 g/mol. The molecule has 2 aromatic carbocycles. The van der Waals surface area contributed by atoms with E-state index in [2.05, 4.69) is 5.32 Å². The van der Waals surface area contributed by atoms with Gasteiger partial charge in [0.2, 0.25) is 15.9 Å². The number of methoxy groups -OCH3 is 1. The third-order valence-corrected chi connectivity index (χ3v) is 6.15. The van der Waals surface area contributed by atoms with Crippen LogP contribution in [0.25, 0.3) is 0 Å². The summed E-state index contributed by atoms with van der Waals surface area (Å²) in [6.07, 6.45) is 1.64. The highest BCUT2D eigenvalue weighted by atomic mass is 32.2. The van der Waals surface area contributed by atoms with E-state index in [0.717, 1.165) is 17.4 Å². The van der Waals surface area contributed by atoms with E-state index in [1.807, 2.05) is 26.0 Å². The van der Waals surface area contributed by atoms with Gasteiger partial charge in [0.05, 0.1) is 24.6 Å². The molecule has 7 nitrogen and oxygen atoms in total. The number of hydrogen-bond acceptors (Lipinski definition) is 5. The molecule has 0 fully saturated rings. The Kier molecular flexibility index (Phi) is 7.61. The molecule has 0 aliphatic heterocycles. The van der Waals surface area contributed by atoms with E-state index in [0.29, 0.717) is 28.9 Å². The van der Waals surface area contributed by atoms with Crippen molar-refractivity contribution in [3.05, 3.63) is 58.7 Å². The van der Waals surface area contributed by atoms with Gasteiger partial charge >= 0.3 is 5.97 Å². The Hall–Kier alpha value is -2.87. The molecule has 0 radical (unpaired) electrons. The van der Waals surface area contributed by atoms with Gasteiger partial charge < -0.3 is 10.1 Å². The summed E-state index contributed by atoms with van der Waals surface area (Å²) in [6.45, 7) is 5.81. The number of nitrogens with zero attached hydrogens (tertiary/aromatic N) is 1. The molecular formula is C22H28N2O5S. The second kappa shape index (κ2) is 9.75. The predicted octanol–water partition coefficient (Wildman–Crippen LogP) is 3.58. The lowest BCUT2D eigenvalue weighted by Crippen LogP contribution is -2.31. The molecule has 0 saturated carbocycles. The topological polar surface area (TPSA) is 92.8 Å². The monoisotopic (exact) mass is 432 g/mol. The fourth-order valence-corrected chi connectivity index (χ4v) is 4.02. The Morgan fingerprint density at radius 2 is 1.77 bits per heavy atom. The molecule has 0 saturated heterocycles. The summed E-state index contributed by atoms with van der Waals surface area (Å²) in [5.41, 5.74) is 4.19. The Bertz CT molecular complexity index is 1050. The van der Waals surface area contributed by atoms with E-state index in [-0.39, 0.29) is 18.9 Å². The first-order valence-electron chi connectivity index (χ1n) is 9.57. The number of sulfonamides is 1. The van der Waals surface area contributed by atoms with Crippen LogP contribution < -0.4 is 9.62 Å². The minimum atomic E-state index is -3.48. The second-order valence-corrected chi connectivity index (χ2v) is 9.13. The molecule has 1 N–H and O–H groups in total. The van der Waals surface area contributed by atoms with E-state index in [1.165, 1.54) is 11.4 Å². The van der Waals surface area contributed by atoms with Crippen molar-refractivity contribution >= 4 is 33.3 Å².